The zero-order chi connectivity index (χ0) is 14.4. The zero-order valence-electron chi connectivity index (χ0n) is 11.5. The fraction of sp³-hybridized carbons (Fsp3) is 0.538. The summed E-state index contributed by atoms with van der Waals surface area (Å²) >= 11 is 5.84. The van der Waals surface area contributed by atoms with Crippen molar-refractivity contribution in [2.75, 3.05) is 0 Å². The van der Waals surface area contributed by atoms with Crippen molar-refractivity contribution in [1.29, 1.82) is 0 Å². The Morgan fingerprint density at radius 3 is 2.21 bits per heavy atom. The van der Waals surface area contributed by atoms with Gasteiger partial charge in [0, 0.05) is 16.0 Å². The molecule has 1 fully saturated rings. The number of hydrogen-bond donors (Lipinski definition) is 1. The van der Waals surface area contributed by atoms with E-state index in [1.165, 1.54) is 12.1 Å². The maximum Gasteiger partial charge on any atom is 0.497 e. The molecule has 3 nitrogen and oxygen atoms in total. The van der Waals surface area contributed by atoms with E-state index in [9.17, 15) is 4.39 Å². The van der Waals surface area contributed by atoms with Crippen LogP contribution < -0.4 is 5.46 Å². The summed E-state index contributed by atoms with van der Waals surface area (Å²) in [5, 5.41) is 9.36. The van der Waals surface area contributed by atoms with Crippen molar-refractivity contribution in [2.24, 2.45) is 0 Å². The van der Waals surface area contributed by atoms with Crippen LogP contribution in [0, 0.1) is 5.82 Å². The third kappa shape index (κ3) is 2.40. The van der Waals surface area contributed by atoms with E-state index in [0.29, 0.717) is 0 Å². The summed E-state index contributed by atoms with van der Waals surface area (Å²) in [6.07, 6.45) is 0. The highest BCUT2D eigenvalue weighted by molar-refractivity contribution is 6.62. The van der Waals surface area contributed by atoms with Crippen LogP contribution in [-0.4, -0.2) is 23.4 Å². The van der Waals surface area contributed by atoms with Gasteiger partial charge in [0.2, 0.25) is 0 Å². The minimum Gasteiger partial charge on any atom is -0.399 e. The maximum atomic E-state index is 14.3. The minimum absolute atomic E-state index is 0.0638. The fourth-order valence-electron chi connectivity index (χ4n) is 1.91. The van der Waals surface area contributed by atoms with Gasteiger partial charge in [-0.05, 0) is 33.8 Å². The first kappa shape index (κ1) is 14.8. The average Bonchev–Trinajstić information content (AvgIpc) is 2.48. The second kappa shape index (κ2) is 4.74. The number of halogens is 2. The molecule has 0 aliphatic carbocycles. The van der Waals surface area contributed by atoms with Crippen LogP contribution in [0.3, 0.4) is 0 Å². The van der Waals surface area contributed by atoms with Crippen molar-refractivity contribution < 1.29 is 18.8 Å². The topological polar surface area (TPSA) is 38.7 Å². The molecule has 1 N–H and O–H groups in total. The lowest BCUT2D eigenvalue weighted by atomic mass is 9.78. The van der Waals surface area contributed by atoms with E-state index in [0.717, 1.165) is 0 Å². The van der Waals surface area contributed by atoms with Crippen LogP contribution >= 0.6 is 11.6 Å². The molecular formula is C13H17BClFO3. The van der Waals surface area contributed by atoms with E-state index in [1.807, 2.05) is 27.7 Å². The average molecular weight is 287 g/mol. The largest absolute Gasteiger partial charge is 0.497 e. The Morgan fingerprint density at radius 1 is 1.21 bits per heavy atom. The van der Waals surface area contributed by atoms with Crippen molar-refractivity contribution in [3.8, 4) is 0 Å². The highest BCUT2D eigenvalue weighted by Crippen LogP contribution is 2.37. The summed E-state index contributed by atoms with van der Waals surface area (Å²) in [5.41, 5.74) is -0.757. The van der Waals surface area contributed by atoms with E-state index in [2.05, 4.69) is 0 Å². The molecule has 1 aromatic rings. The van der Waals surface area contributed by atoms with Gasteiger partial charge in [0.05, 0.1) is 17.8 Å². The second-order valence-corrected chi connectivity index (χ2v) is 6.08. The summed E-state index contributed by atoms with van der Waals surface area (Å²) < 4.78 is 25.9. The summed E-state index contributed by atoms with van der Waals surface area (Å²) in [7, 11) is -0.799. The van der Waals surface area contributed by atoms with E-state index in [4.69, 9.17) is 26.0 Å². The molecule has 0 radical (unpaired) electrons. The molecule has 104 valence electrons. The molecule has 19 heavy (non-hydrogen) atoms. The van der Waals surface area contributed by atoms with Gasteiger partial charge < -0.3 is 14.4 Å². The van der Waals surface area contributed by atoms with Crippen LogP contribution in [0.2, 0.25) is 5.02 Å². The van der Waals surface area contributed by atoms with Gasteiger partial charge in [0.15, 0.2) is 0 Å². The fourth-order valence-corrected chi connectivity index (χ4v) is 2.12. The molecule has 1 aromatic carbocycles. The number of rotatable bonds is 2. The number of hydrogen-bond acceptors (Lipinski definition) is 3. The first-order chi connectivity index (χ1) is 8.69. The Morgan fingerprint density at radius 2 is 1.74 bits per heavy atom. The maximum absolute atomic E-state index is 14.3. The molecule has 0 amide bonds. The smallest absolute Gasteiger partial charge is 0.399 e. The summed E-state index contributed by atoms with van der Waals surface area (Å²) in [4.78, 5) is 0. The molecule has 6 heteroatoms. The van der Waals surface area contributed by atoms with Crippen molar-refractivity contribution in [1.82, 2.24) is 0 Å². The molecular weight excluding hydrogens is 269 g/mol. The van der Waals surface area contributed by atoms with Crippen LogP contribution in [0.4, 0.5) is 4.39 Å². The normalized spacial score (nSPS) is 20.9. The van der Waals surface area contributed by atoms with Crippen molar-refractivity contribution in [3.05, 3.63) is 28.5 Å². The highest BCUT2D eigenvalue weighted by atomic mass is 35.5. The summed E-state index contributed by atoms with van der Waals surface area (Å²) in [5.74, 6) is -0.575. The SMILES string of the molecule is CC1(C)OB(c2ccc(Cl)c(CO)c2F)OC1(C)C. The lowest BCUT2D eigenvalue weighted by molar-refractivity contribution is 0.00578. The van der Waals surface area contributed by atoms with Gasteiger partial charge in [-0.3, -0.25) is 0 Å². The van der Waals surface area contributed by atoms with Crippen molar-refractivity contribution in [3.63, 3.8) is 0 Å². The lowest BCUT2D eigenvalue weighted by Crippen LogP contribution is -2.41. The Hall–Kier alpha value is -0.615. The molecule has 2 rings (SSSR count). The molecule has 1 aliphatic rings. The van der Waals surface area contributed by atoms with E-state index < -0.39 is 30.7 Å². The van der Waals surface area contributed by atoms with Gasteiger partial charge in [-0.25, -0.2) is 4.39 Å². The predicted octanol–water partition coefficient (Wildman–Crippen LogP) is 2.27. The Kier molecular flexibility index (Phi) is 3.69. The quantitative estimate of drug-likeness (QED) is 0.848. The van der Waals surface area contributed by atoms with E-state index in [-0.39, 0.29) is 16.0 Å². The number of aliphatic hydroxyl groups is 1. The molecule has 0 spiro atoms. The lowest BCUT2D eigenvalue weighted by Gasteiger charge is -2.32. The third-order valence-electron chi connectivity index (χ3n) is 3.88. The van der Waals surface area contributed by atoms with Crippen LogP contribution in [0.5, 0.6) is 0 Å². The van der Waals surface area contributed by atoms with Crippen LogP contribution in [0.25, 0.3) is 0 Å². The zero-order valence-corrected chi connectivity index (χ0v) is 12.2. The van der Waals surface area contributed by atoms with Gasteiger partial charge in [0.25, 0.3) is 0 Å². The Balaban J connectivity index is 2.40. The predicted molar refractivity (Wildman–Crippen MR) is 73.0 cm³/mol. The van der Waals surface area contributed by atoms with Crippen LogP contribution in [-0.2, 0) is 15.9 Å². The molecule has 0 aromatic heterocycles. The van der Waals surface area contributed by atoms with E-state index in [1.54, 1.807) is 0 Å². The molecule has 0 bridgehead atoms. The summed E-state index contributed by atoms with van der Waals surface area (Å²) in [6.45, 7) is 7.13. The molecule has 0 unspecified atom stereocenters. The second-order valence-electron chi connectivity index (χ2n) is 5.68. The summed E-state index contributed by atoms with van der Waals surface area (Å²) in [6, 6.07) is 3.07. The standard InChI is InChI=1S/C13H17BClFO3/c1-12(2)13(3,4)19-14(18-12)9-5-6-10(15)8(7-17)11(9)16/h5-6,17H,7H2,1-4H3. The van der Waals surface area contributed by atoms with Crippen molar-refractivity contribution in [2.45, 2.75) is 45.5 Å². The number of benzene rings is 1. The van der Waals surface area contributed by atoms with Crippen molar-refractivity contribution >= 4 is 24.2 Å². The molecule has 1 saturated heterocycles. The minimum atomic E-state index is -0.799. The third-order valence-corrected chi connectivity index (χ3v) is 4.24. The van der Waals surface area contributed by atoms with Crippen LogP contribution in [0.15, 0.2) is 12.1 Å². The first-order valence-electron chi connectivity index (χ1n) is 6.13. The van der Waals surface area contributed by atoms with Gasteiger partial charge >= 0.3 is 7.12 Å². The van der Waals surface area contributed by atoms with Gasteiger partial charge in [0.1, 0.15) is 5.82 Å². The molecule has 1 aliphatic heterocycles. The van der Waals surface area contributed by atoms with Gasteiger partial charge in [-0.15, -0.1) is 0 Å². The number of aliphatic hydroxyl groups excluding tert-OH is 1. The molecule has 0 atom stereocenters. The monoisotopic (exact) mass is 286 g/mol. The van der Waals surface area contributed by atoms with E-state index >= 15 is 0 Å². The first-order valence-corrected chi connectivity index (χ1v) is 6.50. The van der Waals surface area contributed by atoms with Gasteiger partial charge in [-0.2, -0.15) is 0 Å². The molecule has 1 heterocycles. The Bertz CT molecular complexity index is 489. The Labute approximate surface area is 117 Å². The van der Waals surface area contributed by atoms with Crippen LogP contribution in [0.1, 0.15) is 33.3 Å². The van der Waals surface area contributed by atoms with Gasteiger partial charge in [-0.1, -0.05) is 17.7 Å². The molecule has 0 saturated carbocycles. The highest BCUT2D eigenvalue weighted by Gasteiger charge is 2.52.